The predicted molar refractivity (Wildman–Crippen MR) is 76.5 cm³/mol. The molecule has 6 heteroatoms. The van der Waals surface area contributed by atoms with Crippen LogP contribution in [0.3, 0.4) is 0 Å². The van der Waals surface area contributed by atoms with Crippen molar-refractivity contribution in [1.29, 1.82) is 0 Å². The number of piperidine rings is 1. The van der Waals surface area contributed by atoms with E-state index in [2.05, 4.69) is 17.3 Å². The summed E-state index contributed by atoms with van der Waals surface area (Å²) >= 11 is 0. The first kappa shape index (κ1) is 15.7. The van der Waals surface area contributed by atoms with Gasteiger partial charge in [0.05, 0.1) is 25.7 Å². The third-order valence-electron chi connectivity index (χ3n) is 4.52. The van der Waals surface area contributed by atoms with E-state index in [9.17, 15) is 9.90 Å². The SMILES string of the molecule is CNC1COCC1C(=O)N(CCO)C1CCN(C)CC1. The molecule has 2 fully saturated rings. The molecule has 6 nitrogen and oxygen atoms in total. The quantitative estimate of drug-likeness (QED) is 0.688. The molecule has 20 heavy (non-hydrogen) atoms. The van der Waals surface area contributed by atoms with E-state index in [0.29, 0.717) is 19.8 Å². The summed E-state index contributed by atoms with van der Waals surface area (Å²) in [5.41, 5.74) is 0. The zero-order chi connectivity index (χ0) is 14.5. The average molecular weight is 285 g/mol. The van der Waals surface area contributed by atoms with Crippen LogP contribution in [0, 0.1) is 5.92 Å². The molecule has 2 rings (SSSR count). The van der Waals surface area contributed by atoms with Crippen molar-refractivity contribution in [3.8, 4) is 0 Å². The fourth-order valence-electron chi connectivity index (χ4n) is 3.18. The summed E-state index contributed by atoms with van der Waals surface area (Å²) in [6.07, 6.45) is 1.97. The second kappa shape index (κ2) is 7.36. The number of hydrogen-bond donors (Lipinski definition) is 2. The Morgan fingerprint density at radius 3 is 2.70 bits per heavy atom. The summed E-state index contributed by atoms with van der Waals surface area (Å²) < 4.78 is 5.43. The van der Waals surface area contributed by atoms with Gasteiger partial charge in [-0.3, -0.25) is 4.79 Å². The van der Waals surface area contributed by atoms with Gasteiger partial charge in [0.2, 0.25) is 5.91 Å². The normalized spacial score (nSPS) is 28.8. The van der Waals surface area contributed by atoms with E-state index in [1.165, 1.54) is 0 Å². The predicted octanol–water partition coefficient (Wildman–Crippen LogP) is -0.864. The van der Waals surface area contributed by atoms with Crippen molar-refractivity contribution < 1.29 is 14.6 Å². The Morgan fingerprint density at radius 1 is 1.40 bits per heavy atom. The second-order valence-corrected chi connectivity index (χ2v) is 5.83. The van der Waals surface area contributed by atoms with Crippen molar-refractivity contribution >= 4 is 5.91 Å². The lowest BCUT2D eigenvalue weighted by Gasteiger charge is -2.38. The van der Waals surface area contributed by atoms with Gasteiger partial charge in [-0.05, 0) is 40.0 Å². The van der Waals surface area contributed by atoms with Crippen molar-refractivity contribution in [2.45, 2.75) is 24.9 Å². The first-order valence-electron chi connectivity index (χ1n) is 7.52. The Labute approximate surface area is 121 Å². The minimum atomic E-state index is -0.119. The highest BCUT2D eigenvalue weighted by Gasteiger charge is 2.38. The van der Waals surface area contributed by atoms with E-state index in [4.69, 9.17) is 4.74 Å². The van der Waals surface area contributed by atoms with Crippen molar-refractivity contribution in [2.75, 3.05) is 53.6 Å². The molecule has 0 bridgehead atoms. The number of aliphatic hydroxyl groups excluding tert-OH is 1. The van der Waals surface area contributed by atoms with Crippen LogP contribution in [0.15, 0.2) is 0 Å². The average Bonchev–Trinajstić information content (AvgIpc) is 2.93. The molecular weight excluding hydrogens is 258 g/mol. The largest absolute Gasteiger partial charge is 0.395 e. The molecule has 0 aromatic carbocycles. The van der Waals surface area contributed by atoms with Crippen LogP contribution in [-0.4, -0.2) is 86.4 Å². The van der Waals surface area contributed by atoms with Crippen LogP contribution in [-0.2, 0) is 9.53 Å². The molecule has 0 aliphatic carbocycles. The number of hydrogen-bond acceptors (Lipinski definition) is 5. The van der Waals surface area contributed by atoms with Gasteiger partial charge in [0.15, 0.2) is 0 Å². The van der Waals surface area contributed by atoms with Crippen LogP contribution >= 0.6 is 0 Å². The summed E-state index contributed by atoms with van der Waals surface area (Å²) in [5.74, 6) is 0.0108. The van der Waals surface area contributed by atoms with Gasteiger partial charge < -0.3 is 25.0 Å². The number of nitrogens with one attached hydrogen (secondary N) is 1. The maximum atomic E-state index is 12.8. The first-order chi connectivity index (χ1) is 9.67. The standard InChI is InChI=1S/C14H27N3O3/c1-15-13-10-20-9-12(13)14(19)17(7-8-18)11-3-5-16(2)6-4-11/h11-13,15,18H,3-10H2,1-2H3. The molecule has 2 atom stereocenters. The zero-order valence-corrected chi connectivity index (χ0v) is 12.5. The van der Waals surface area contributed by atoms with Crippen LogP contribution in [0.1, 0.15) is 12.8 Å². The molecule has 2 saturated heterocycles. The first-order valence-corrected chi connectivity index (χ1v) is 7.52. The Bertz CT molecular complexity index is 319. The monoisotopic (exact) mass is 285 g/mol. The van der Waals surface area contributed by atoms with E-state index < -0.39 is 0 Å². The number of likely N-dealkylation sites (tertiary alicyclic amines) is 1. The minimum absolute atomic E-state index is 0.0237. The molecule has 2 heterocycles. The van der Waals surface area contributed by atoms with E-state index in [-0.39, 0.29) is 30.5 Å². The summed E-state index contributed by atoms with van der Waals surface area (Å²) in [7, 11) is 3.97. The molecule has 2 N–H and O–H groups in total. The zero-order valence-electron chi connectivity index (χ0n) is 12.5. The highest BCUT2D eigenvalue weighted by Crippen LogP contribution is 2.22. The Kier molecular flexibility index (Phi) is 5.77. The lowest BCUT2D eigenvalue weighted by atomic mass is 9.98. The number of amides is 1. The molecule has 0 aromatic rings. The third-order valence-corrected chi connectivity index (χ3v) is 4.52. The lowest BCUT2D eigenvalue weighted by Crippen LogP contribution is -2.52. The maximum Gasteiger partial charge on any atom is 0.230 e. The molecule has 2 aliphatic heterocycles. The van der Waals surface area contributed by atoms with Crippen LogP contribution in [0.5, 0.6) is 0 Å². The molecule has 2 unspecified atom stereocenters. The summed E-state index contributed by atoms with van der Waals surface area (Å²) in [6.45, 7) is 3.55. The van der Waals surface area contributed by atoms with E-state index in [1.807, 2.05) is 11.9 Å². The number of likely N-dealkylation sites (N-methyl/N-ethyl adjacent to an activating group) is 1. The second-order valence-electron chi connectivity index (χ2n) is 5.83. The number of aliphatic hydroxyl groups is 1. The molecule has 1 amide bonds. The van der Waals surface area contributed by atoms with Crippen LogP contribution in [0.25, 0.3) is 0 Å². The van der Waals surface area contributed by atoms with E-state index >= 15 is 0 Å². The van der Waals surface area contributed by atoms with Gasteiger partial charge in [0, 0.05) is 18.6 Å². The molecule has 0 spiro atoms. The summed E-state index contributed by atoms with van der Waals surface area (Å²) in [5, 5.41) is 12.4. The number of carbonyl (C=O) groups is 1. The van der Waals surface area contributed by atoms with Crippen molar-refractivity contribution in [2.24, 2.45) is 5.92 Å². The Hall–Kier alpha value is -0.690. The topological polar surface area (TPSA) is 65.0 Å². The molecule has 0 radical (unpaired) electrons. The van der Waals surface area contributed by atoms with Crippen molar-refractivity contribution in [1.82, 2.24) is 15.1 Å². The molecule has 0 saturated carbocycles. The highest BCUT2D eigenvalue weighted by molar-refractivity contribution is 5.80. The smallest absolute Gasteiger partial charge is 0.230 e. The van der Waals surface area contributed by atoms with Crippen molar-refractivity contribution in [3.63, 3.8) is 0 Å². The number of rotatable bonds is 5. The number of carbonyl (C=O) groups excluding carboxylic acids is 1. The van der Waals surface area contributed by atoms with Crippen LogP contribution in [0.2, 0.25) is 0 Å². The van der Waals surface area contributed by atoms with Crippen LogP contribution < -0.4 is 5.32 Å². The van der Waals surface area contributed by atoms with Gasteiger partial charge in [0.25, 0.3) is 0 Å². The number of nitrogens with zero attached hydrogens (tertiary/aromatic N) is 2. The molecule has 116 valence electrons. The molecule has 2 aliphatic rings. The number of ether oxygens (including phenoxy) is 1. The van der Waals surface area contributed by atoms with E-state index in [0.717, 1.165) is 25.9 Å². The van der Waals surface area contributed by atoms with Gasteiger partial charge in [-0.1, -0.05) is 0 Å². The van der Waals surface area contributed by atoms with Crippen molar-refractivity contribution in [3.05, 3.63) is 0 Å². The lowest BCUT2D eigenvalue weighted by molar-refractivity contribution is -0.140. The van der Waals surface area contributed by atoms with Crippen LogP contribution in [0.4, 0.5) is 0 Å². The molecule has 0 aromatic heterocycles. The van der Waals surface area contributed by atoms with Gasteiger partial charge in [-0.25, -0.2) is 0 Å². The highest BCUT2D eigenvalue weighted by atomic mass is 16.5. The van der Waals surface area contributed by atoms with Gasteiger partial charge in [-0.2, -0.15) is 0 Å². The minimum Gasteiger partial charge on any atom is -0.395 e. The maximum absolute atomic E-state index is 12.8. The summed E-state index contributed by atoms with van der Waals surface area (Å²) in [6, 6.07) is 0.346. The molecular formula is C14H27N3O3. The van der Waals surface area contributed by atoms with Gasteiger partial charge in [0.1, 0.15) is 0 Å². The summed E-state index contributed by atoms with van der Waals surface area (Å²) in [4.78, 5) is 16.9. The third kappa shape index (κ3) is 3.49. The van der Waals surface area contributed by atoms with E-state index in [1.54, 1.807) is 0 Å². The van der Waals surface area contributed by atoms with Gasteiger partial charge >= 0.3 is 0 Å². The van der Waals surface area contributed by atoms with Gasteiger partial charge in [-0.15, -0.1) is 0 Å². The Balaban J connectivity index is 2.01. The fraction of sp³-hybridized carbons (Fsp3) is 0.929. The Morgan fingerprint density at radius 2 is 2.10 bits per heavy atom. The fourth-order valence-corrected chi connectivity index (χ4v) is 3.18.